The number of hydrogen-bond acceptors (Lipinski definition) is 4. The van der Waals surface area contributed by atoms with E-state index in [9.17, 15) is 13.6 Å². The molecule has 0 unspecified atom stereocenters. The van der Waals surface area contributed by atoms with Gasteiger partial charge in [-0.15, -0.1) is 0 Å². The zero-order valence-corrected chi connectivity index (χ0v) is 15.4. The number of carbonyl (C=O) groups is 1. The van der Waals surface area contributed by atoms with Crippen molar-refractivity contribution >= 4 is 11.6 Å². The zero-order valence-electron chi connectivity index (χ0n) is 15.4. The summed E-state index contributed by atoms with van der Waals surface area (Å²) in [5, 5.41) is 2.51. The normalized spacial score (nSPS) is 10.8. The Bertz CT molecular complexity index is 948. The Labute approximate surface area is 160 Å². The molecule has 0 bridgehead atoms. The number of nitrogens with one attached hydrogen (secondary N) is 1. The van der Waals surface area contributed by atoms with Gasteiger partial charge in [0.1, 0.15) is 23.9 Å². The van der Waals surface area contributed by atoms with Crippen molar-refractivity contribution in [2.75, 3.05) is 5.32 Å². The molecule has 0 atom stereocenters. The molecule has 3 aromatic rings. The third-order valence-electron chi connectivity index (χ3n) is 4.00. The second kappa shape index (κ2) is 8.56. The van der Waals surface area contributed by atoms with Crippen LogP contribution in [0.25, 0.3) is 0 Å². The van der Waals surface area contributed by atoms with Gasteiger partial charge >= 0.3 is 6.61 Å². The molecule has 5 nitrogen and oxygen atoms in total. The van der Waals surface area contributed by atoms with E-state index in [1.54, 1.807) is 12.1 Å². The number of amides is 1. The lowest BCUT2D eigenvalue weighted by atomic mass is 10.1. The number of ether oxygens (including phenoxy) is 2. The van der Waals surface area contributed by atoms with E-state index >= 15 is 0 Å². The number of rotatable bonds is 7. The van der Waals surface area contributed by atoms with E-state index < -0.39 is 12.5 Å². The van der Waals surface area contributed by atoms with Gasteiger partial charge in [-0.25, -0.2) is 0 Å². The smallest absolute Gasteiger partial charge is 0.387 e. The van der Waals surface area contributed by atoms with Crippen molar-refractivity contribution in [3.63, 3.8) is 0 Å². The van der Waals surface area contributed by atoms with Gasteiger partial charge in [0, 0.05) is 0 Å². The maximum Gasteiger partial charge on any atom is 0.387 e. The maximum absolute atomic E-state index is 12.5. The average Bonchev–Trinajstić information content (AvgIpc) is 3.12. The third kappa shape index (κ3) is 4.68. The van der Waals surface area contributed by atoms with Crippen molar-refractivity contribution in [2.45, 2.75) is 27.1 Å². The second-order valence-corrected chi connectivity index (χ2v) is 6.10. The number of halogens is 2. The Balaban J connectivity index is 1.66. The van der Waals surface area contributed by atoms with Crippen LogP contribution >= 0.6 is 0 Å². The Morgan fingerprint density at radius 3 is 2.46 bits per heavy atom. The molecular weight excluding hydrogens is 368 g/mol. The number of hydrogen-bond donors (Lipinski definition) is 1. The highest BCUT2D eigenvalue weighted by Gasteiger charge is 2.16. The molecular formula is C21H19F2NO4. The number of anilines is 1. The summed E-state index contributed by atoms with van der Waals surface area (Å²) >= 11 is 0. The first kappa shape index (κ1) is 19.4. The highest BCUT2D eigenvalue weighted by atomic mass is 19.3. The van der Waals surface area contributed by atoms with Gasteiger partial charge in [0.05, 0.1) is 5.69 Å². The van der Waals surface area contributed by atoms with E-state index in [2.05, 4.69) is 10.1 Å². The van der Waals surface area contributed by atoms with Crippen molar-refractivity contribution in [3.05, 3.63) is 77.2 Å². The molecule has 3 rings (SSSR count). The van der Waals surface area contributed by atoms with Gasteiger partial charge in [-0.2, -0.15) is 8.78 Å². The van der Waals surface area contributed by atoms with Crippen molar-refractivity contribution in [1.82, 2.24) is 0 Å². The first-order chi connectivity index (χ1) is 13.4. The van der Waals surface area contributed by atoms with Gasteiger partial charge < -0.3 is 19.2 Å². The number of benzene rings is 2. The van der Waals surface area contributed by atoms with Crippen LogP contribution < -0.4 is 14.8 Å². The molecule has 0 saturated carbocycles. The van der Waals surface area contributed by atoms with Crippen LogP contribution in [0.15, 0.2) is 59.0 Å². The summed E-state index contributed by atoms with van der Waals surface area (Å²) in [5.41, 5.74) is 2.12. The largest absolute Gasteiger partial charge is 0.485 e. The van der Waals surface area contributed by atoms with Gasteiger partial charge in [0.25, 0.3) is 5.91 Å². The van der Waals surface area contributed by atoms with E-state index in [4.69, 9.17) is 9.15 Å². The first-order valence-corrected chi connectivity index (χ1v) is 8.57. The Kier molecular flexibility index (Phi) is 5.93. The quantitative estimate of drug-likeness (QED) is 0.595. The van der Waals surface area contributed by atoms with E-state index in [0.717, 1.165) is 16.9 Å². The van der Waals surface area contributed by atoms with Crippen LogP contribution in [0.1, 0.15) is 27.4 Å². The molecule has 0 saturated heterocycles. The van der Waals surface area contributed by atoms with Crippen LogP contribution in [0.4, 0.5) is 14.5 Å². The summed E-state index contributed by atoms with van der Waals surface area (Å²) in [4.78, 5) is 12.4. The first-order valence-electron chi connectivity index (χ1n) is 8.57. The van der Waals surface area contributed by atoms with E-state index in [1.807, 2.05) is 32.0 Å². The number of furan rings is 1. The fourth-order valence-electron chi connectivity index (χ4n) is 2.70. The molecule has 1 heterocycles. The van der Waals surface area contributed by atoms with Crippen molar-refractivity contribution in [1.29, 1.82) is 0 Å². The van der Waals surface area contributed by atoms with E-state index in [0.29, 0.717) is 5.76 Å². The third-order valence-corrected chi connectivity index (χ3v) is 4.00. The number of para-hydroxylation sites is 3. The van der Waals surface area contributed by atoms with E-state index in [-0.39, 0.29) is 23.8 Å². The van der Waals surface area contributed by atoms with E-state index in [1.165, 1.54) is 24.3 Å². The SMILES string of the molecule is Cc1cccc(C)c1OCc1ccc(C(=O)Nc2ccccc2OC(F)F)o1. The Hall–Kier alpha value is -3.35. The molecule has 1 N–H and O–H groups in total. The van der Waals surface area contributed by atoms with Crippen LogP contribution in [-0.4, -0.2) is 12.5 Å². The molecule has 0 aliphatic heterocycles. The summed E-state index contributed by atoms with van der Waals surface area (Å²) in [7, 11) is 0. The lowest BCUT2D eigenvalue weighted by Gasteiger charge is -2.11. The molecule has 1 aromatic heterocycles. The monoisotopic (exact) mass is 387 g/mol. The predicted molar refractivity (Wildman–Crippen MR) is 100.0 cm³/mol. The lowest BCUT2D eigenvalue weighted by Crippen LogP contribution is -2.13. The fraction of sp³-hybridized carbons (Fsp3) is 0.190. The highest BCUT2D eigenvalue weighted by molar-refractivity contribution is 6.03. The molecule has 0 fully saturated rings. The molecule has 0 aliphatic carbocycles. The Morgan fingerprint density at radius 2 is 1.75 bits per heavy atom. The molecule has 146 valence electrons. The van der Waals surface area contributed by atoms with Crippen molar-refractivity contribution < 1.29 is 27.5 Å². The lowest BCUT2D eigenvalue weighted by molar-refractivity contribution is -0.0493. The van der Waals surface area contributed by atoms with Crippen LogP contribution in [0.2, 0.25) is 0 Å². The standard InChI is InChI=1S/C21H19F2NO4/c1-13-6-5-7-14(2)19(13)26-12-15-10-11-18(27-15)20(25)24-16-8-3-4-9-17(16)28-21(22)23/h3-11,21H,12H2,1-2H3,(H,24,25). The molecule has 1 amide bonds. The summed E-state index contributed by atoms with van der Waals surface area (Å²) in [6.07, 6.45) is 0. The number of aryl methyl sites for hydroxylation is 2. The molecule has 7 heteroatoms. The van der Waals surface area contributed by atoms with Crippen LogP contribution in [0.3, 0.4) is 0 Å². The summed E-state index contributed by atoms with van der Waals surface area (Å²) in [6, 6.07) is 14.9. The van der Waals surface area contributed by atoms with Crippen molar-refractivity contribution in [2.24, 2.45) is 0 Å². The number of alkyl halides is 2. The average molecular weight is 387 g/mol. The molecule has 0 radical (unpaired) electrons. The molecule has 2 aromatic carbocycles. The van der Waals surface area contributed by atoms with Crippen molar-refractivity contribution in [3.8, 4) is 11.5 Å². The summed E-state index contributed by atoms with van der Waals surface area (Å²) in [6.45, 7) is 1.06. The highest BCUT2D eigenvalue weighted by Crippen LogP contribution is 2.27. The molecule has 0 spiro atoms. The van der Waals surface area contributed by atoms with Crippen LogP contribution in [-0.2, 0) is 6.61 Å². The Morgan fingerprint density at radius 1 is 1.04 bits per heavy atom. The minimum atomic E-state index is -2.99. The molecule has 0 aliphatic rings. The van der Waals surface area contributed by atoms with Crippen LogP contribution in [0, 0.1) is 13.8 Å². The zero-order chi connectivity index (χ0) is 20.1. The second-order valence-electron chi connectivity index (χ2n) is 6.10. The van der Waals surface area contributed by atoms with Gasteiger partial charge in [-0.1, -0.05) is 30.3 Å². The minimum Gasteiger partial charge on any atom is -0.485 e. The minimum absolute atomic E-state index is 0.0342. The predicted octanol–water partition coefficient (Wildman–Crippen LogP) is 5.33. The maximum atomic E-state index is 12.5. The molecule has 28 heavy (non-hydrogen) atoms. The van der Waals surface area contributed by atoms with Gasteiger partial charge in [0.2, 0.25) is 0 Å². The summed E-state index contributed by atoms with van der Waals surface area (Å²) < 4.78 is 40.7. The fourth-order valence-corrected chi connectivity index (χ4v) is 2.70. The van der Waals surface area contributed by atoms with Gasteiger partial charge in [-0.05, 0) is 49.2 Å². The van der Waals surface area contributed by atoms with Gasteiger partial charge in [-0.3, -0.25) is 4.79 Å². The van der Waals surface area contributed by atoms with Crippen LogP contribution in [0.5, 0.6) is 11.5 Å². The topological polar surface area (TPSA) is 60.7 Å². The van der Waals surface area contributed by atoms with Gasteiger partial charge in [0.15, 0.2) is 5.76 Å². The summed E-state index contributed by atoms with van der Waals surface area (Å²) in [5.74, 6) is 0.555. The number of carbonyl (C=O) groups excluding carboxylic acids is 1.